The maximum atomic E-state index is 11.5. The average Bonchev–Trinajstić information content (AvgIpc) is 2.38. The molecule has 1 aliphatic rings. The summed E-state index contributed by atoms with van der Waals surface area (Å²) < 4.78 is 5.29. The minimum absolute atomic E-state index is 0.166. The van der Waals surface area contributed by atoms with Crippen molar-refractivity contribution in [1.82, 2.24) is 15.1 Å². The highest BCUT2D eigenvalue weighted by Gasteiger charge is 2.09. The van der Waals surface area contributed by atoms with Gasteiger partial charge in [0.1, 0.15) is 0 Å². The van der Waals surface area contributed by atoms with E-state index in [1.165, 1.54) is 0 Å². The lowest BCUT2D eigenvalue weighted by Crippen LogP contribution is -2.39. The van der Waals surface area contributed by atoms with Crippen molar-refractivity contribution in [3.8, 4) is 0 Å². The Balaban J connectivity index is 1.95. The van der Waals surface area contributed by atoms with E-state index < -0.39 is 0 Å². The van der Waals surface area contributed by atoms with Crippen LogP contribution in [-0.2, 0) is 9.53 Å². The lowest BCUT2D eigenvalue weighted by atomic mass is 10.3. The Morgan fingerprint density at radius 1 is 1.41 bits per heavy atom. The molecule has 100 valence electrons. The molecule has 1 rings (SSSR count). The number of carbonyl (C=O) groups is 1. The number of nitrogens with one attached hydrogen (secondary N) is 1. The Morgan fingerprint density at radius 3 is 2.76 bits per heavy atom. The van der Waals surface area contributed by atoms with Gasteiger partial charge in [-0.1, -0.05) is 0 Å². The summed E-state index contributed by atoms with van der Waals surface area (Å²) in [7, 11) is 1.83. The number of amides is 1. The van der Waals surface area contributed by atoms with E-state index in [1.807, 2.05) is 14.0 Å². The van der Waals surface area contributed by atoms with Crippen LogP contribution >= 0.6 is 0 Å². The van der Waals surface area contributed by atoms with Gasteiger partial charge in [-0.3, -0.25) is 9.69 Å². The average molecular weight is 243 g/mol. The molecule has 17 heavy (non-hydrogen) atoms. The largest absolute Gasteiger partial charge is 0.379 e. The molecule has 0 radical (unpaired) electrons. The van der Waals surface area contributed by atoms with Gasteiger partial charge in [-0.25, -0.2) is 0 Å². The van der Waals surface area contributed by atoms with Crippen molar-refractivity contribution in [3.63, 3.8) is 0 Å². The van der Waals surface area contributed by atoms with E-state index >= 15 is 0 Å². The number of morpholine rings is 1. The van der Waals surface area contributed by atoms with Gasteiger partial charge in [0.2, 0.25) is 5.91 Å². The molecule has 0 aromatic heterocycles. The van der Waals surface area contributed by atoms with E-state index in [-0.39, 0.29) is 5.91 Å². The van der Waals surface area contributed by atoms with Gasteiger partial charge in [0.25, 0.3) is 0 Å². The lowest BCUT2D eigenvalue weighted by Gasteiger charge is -2.26. The molecule has 1 amide bonds. The zero-order chi connectivity index (χ0) is 12.5. The summed E-state index contributed by atoms with van der Waals surface area (Å²) in [4.78, 5) is 15.6. The monoisotopic (exact) mass is 243 g/mol. The molecule has 1 heterocycles. The van der Waals surface area contributed by atoms with E-state index in [0.29, 0.717) is 6.54 Å². The van der Waals surface area contributed by atoms with Crippen LogP contribution in [0.1, 0.15) is 13.3 Å². The molecule has 0 aromatic rings. The summed E-state index contributed by atoms with van der Waals surface area (Å²) in [6, 6.07) is 0. The van der Waals surface area contributed by atoms with Gasteiger partial charge in [0.15, 0.2) is 0 Å². The highest BCUT2D eigenvalue weighted by atomic mass is 16.5. The fraction of sp³-hybridized carbons (Fsp3) is 0.917. The molecule has 0 spiro atoms. The molecular formula is C12H25N3O2. The summed E-state index contributed by atoms with van der Waals surface area (Å²) >= 11 is 0. The first-order valence-corrected chi connectivity index (χ1v) is 6.48. The Hall–Kier alpha value is -0.650. The topological polar surface area (TPSA) is 44.8 Å². The minimum atomic E-state index is 0.166. The van der Waals surface area contributed by atoms with E-state index in [9.17, 15) is 4.79 Å². The Morgan fingerprint density at radius 2 is 2.12 bits per heavy atom. The SMILES string of the molecule is CCN(C)C(=O)CNCCCN1CCOCC1. The molecule has 0 saturated carbocycles. The van der Waals surface area contributed by atoms with Gasteiger partial charge < -0.3 is 15.0 Å². The second kappa shape index (κ2) is 8.44. The zero-order valence-corrected chi connectivity index (χ0v) is 11.1. The molecule has 0 aromatic carbocycles. The number of rotatable bonds is 7. The third-order valence-electron chi connectivity index (χ3n) is 3.11. The molecule has 1 fully saturated rings. The van der Waals surface area contributed by atoms with Crippen molar-refractivity contribution in [2.24, 2.45) is 0 Å². The van der Waals surface area contributed by atoms with E-state index in [0.717, 1.165) is 52.4 Å². The van der Waals surface area contributed by atoms with Crippen LogP contribution in [0.3, 0.4) is 0 Å². The summed E-state index contributed by atoms with van der Waals surface area (Å²) in [6.07, 6.45) is 1.09. The number of carbonyl (C=O) groups excluding carboxylic acids is 1. The van der Waals surface area contributed by atoms with Crippen LogP contribution in [0.25, 0.3) is 0 Å². The second-order valence-electron chi connectivity index (χ2n) is 4.39. The van der Waals surface area contributed by atoms with Crippen molar-refractivity contribution in [2.45, 2.75) is 13.3 Å². The molecule has 0 aliphatic carbocycles. The summed E-state index contributed by atoms with van der Waals surface area (Å²) in [5.41, 5.74) is 0. The van der Waals surface area contributed by atoms with Crippen molar-refractivity contribution >= 4 is 5.91 Å². The highest BCUT2D eigenvalue weighted by Crippen LogP contribution is 1.97. The lowest BCUT2D eigenvalue weighted by molar-refractivity contribution is -0.128. The van der Waals surface area contributed by atoms with Gasteiger partial charge in [-0.05, 0) is 26.4 Å². The Kier molecular flexibility index (Phi) is 7.16. The fourth-order valence-electron chi connectivity index (χ4n) is 1.76. The molecule has 1 N–H and O–H groups in total. The van der Waals surface area contributed by atoms with Gasteiger partial charge in [0, 0.05) is 26.7 Å². The van der Waals surface area contributed by atoms with Crippen molar-refractivity contribution in [1.29, 1.82) is 0 Å². The molecule has 0 bridgehead atoms. The maximum Gasteiger partial charge on any atom is 0.236 e. The number of hydrogen-bond donors (Lipinski definition) is 1. The van der Waals surface area contributed by atoms with Crippen molar-refractivity contribution in [2.75, 3.05) is 59.5 Å². The predicted molar refractivity (Wildman–Crippen MR) is 68.1 cm³/mol. The molecule has 1 saturated heterocycles. The quantitative estimate of drug-likeness (QED) is 0.628. The Bertz CT molecular complexity index is 218. The van der Waals surface area contributed by atoms with Crippen LogP contribution in [0, 0.1) is 0 Å². The molecule has 0 unspecified atom stereocenters. The minimum Gasteiger partial charge on any atom is -0.379 e. The van der Waals surface area contributed by atoms with Gasteiger partial charge in [0.05, 0.1) is 19.8 Å². The first kappa shape index (κ1) is 14.4. The zero-order valence-electron chi connectivity index (χ0n) is 11.1. The van der Waals surface area contributed by atoms with Gasteiger partial charge >= 0.3 is 0 Å². The number of hydrogen-bond acceptors (Lipinski definition) is 4. The fourth-order valence-corrected chi connectivity index (χ4v) is 1.76. The van der Waals surface area contributed by atoms with E-state index in [2.05, 4.69) is 10.2 Å². The smallest absolute Gasteiger partial charge is 0.236 e. The van der Waals surface area contributed by atoms with Gasteiger partial charge in [-0.2, -0.15) is 0 Å². The first-order valence-electron chi connectivity index (χ1n) is 6.48. The van der Waals surface area contributed by atoms with Crippen LogP contribution in [0.2, 0.25) is 0 Å². The third kappa shape index (κ3) is 6.00. The number of nitrogens with zero attached hydrogens (tertiary/aromatic N) is 2. The maximum absolute atomic E-state index is 11.5. The molecule has 0 atom stereocenters. The normalized spacial score (nSPS) is 17.1. The summed E-state index contributed by atoms with van der Waals surface area (Å²) in [5.74, 6) is 0.166. The van der Waals surface area contributed by atoms with Crippen molar-refractivity contribution in [3.05, 3.63) is 0 Å². The third-order valence-corrected chi connectivity index (χ3v) is 3.11. The molecule has 5 heteroatoms. The van der Waals surface area contributed by atoms with Crippen LogP contribution in [0.4, 0.5) is 0 Å². The van der Waals surface area contributed by atoms with E-state index in [1.54, 1.807) is 4.90 Å². The first-order chi connectivity index (χ1) is 8.24. The van der Waals surface area contributed by atoms with Crippen molar-refractivity contribution < 1.29 is 9.53 Å². The Labute approximate surface area is 104 Å². The summed E-state index contributed by atoms with van der Waals surface area (Å²) in [5, 5.41) is 3.19. The van der Waals surface area contributed by atoms with E-state index in [4.69, 9.17) is 4.74 Å². The second-order valence-corrected chi connectivity index (χ2v) is 4.39. The van der Waals surface area contributed by atoms with Crippen LogP contribution < -0.4 is 5.32 Å². The van der Waals surface area contributed by atoms with Gasteiger partial charge in [-0.15, -0.1) is 0 Å². The van der Waals surface area contributed by atoms with Crippen LogP contribution in [0.5, 0.6) is 0 Å². The number of likely N-dealkylation sites (N-methyl/N-ethyl adjacent to an activating group) is 1. The summed E-state index contributed by atoms with van der Waals surface area (Å²) in [6.45, 7) is 8.99. The molecule has 5 nitrogen and oxygen atoms in total. The molecular weight excluding hydrogens is 218 g/mol. The standard InChI is InChI=1S/C12H25N3O2/c1-3-14(2)12(16)11-13-5-4-6-15-7-9-17-10-8-15/h13H,3-11H2,1-2H3. The van der Waals surface area contributed by atoms with Crippen LogP contribution in [-0.4, -0.2) is 75.2 Å². The highest BCUT2D eigenvalue weighted by molar-refractivity contribution is 5.77. The molecule has 1 aliphatic heterocycles. The number of ether oxygens (including phenoxy) is 1. The van der Waals surface area contributed by atoms with Crippen LogP contribution in [0.15, 0.2) is 0 Å². The predicted octanol–water partition coefficient (Wildman–Crippen LogP) is -0.223.